The molecule has 1 fully saturated rings. The van der Waals surface area contributed by atoms with Crippen molar-refractivity contribution in [3.8, 4) is 6.07 Å². The summed E-state index contributed by atoms with van der Waals surface area (Å²) in [5.74, 6) is 0. The summed E-state index contributed by atoms with van der Waals surface area (Å²) in [6.45, 7) is 2.11. The molecule has 90 valence electrons. The number of anilines is 1. The van der Waals surface area contributed by atoms with Gasteiger partial charge in [0.15, 0.2) is 0 Å². The Kier molecular flexibility index (Phi) is 4.41. The maximum atomic E-state index is 8.93. The lowest BCUT2D eigenvalue weighted by molar-refractivity contribution is 0.636. The summed E-state index contributed by atoms with van der Waals surface area (Å²) in [7, 11) is 0. The fourth-order valence-corrected chi connectivity index (χ4v) is 2.61. The monoisotopic (exact) mass is 293 g/mol. The van der Waals surface area contributed by atoms with Crippen LogP contribution in [0.3, 0.4) is 0 Å². The highest BCUT2D eigenvalue weighted by Crippen LogP contribution is 2.21. The number of benzene rings is 1. The van der Waals surface area contributed by atoms with Crippen LogP contribution in [0.5, 0.6) is 0 Å². The molecule has 1 aliphatic rings. The van der Waals surface area contributed by atoms with Crippen LogP contribution in [0.4, 0.5) is 5.69 Å². The van der Waals surface area contributed by atoms with E-state index in [0.29, 0.717) is 11.6 Å². The standard InChI is InChI=1S/C13H16BrN3/c14-11-5-10(8-15)6-13(7-11)17-12-3-1-2-4-16-9-12/h5-7,12,16-17H,1-4,9H2. The van der Waals surface area contributed by atoms with Crippen molar-refractivity contribution in [2.75, 3.05) is 18.4 Å². The second-order valence-electron chi connectivity index (χ2n) is 4.38. The predicted octanol–water partition coefficient (Wildman–Crippen LogP) is 2.87. The third-order valence-electron chi connectivity index (χ3n) is 2.94. The highest BCUT2D eigenvalue weighted by Gasteiger charge is 2.11. The van der Waals surface area contributed by atoms with Crippen molar-refractivity contribution in [3.05, 3.63) is 28.2 Å². The van der Waals surface area contributed by atoms with Crippen molar-refractivity contribution in [2.24, 2.45) is 0 Å². The number of halogens is 1. The molecule has 2 N–H and O–H groups in total. The summed E-state index contributed by atoms with van der Waals surface area (Å²) in [5, 5.41) is 15.8. The van der Waals surface area contributed by atoms with Gasteiger partial charge in [0.25, 0.3) is 0 Å². The number of nitriles is 1. The fourth-order valence-electron chi connectivity index (χ4n) is 2.12. The number of rotatable bonds is 2. The van der Waals surface area contributed by atoms with Gasteiger partial charge in [-0.25, -0.2) is 0 Å². The molecule has 0 saturated carbocycles. The Hall–Kier alpha value is -1.05. The molecule has 0 aromatic heterocycles. The summed E-state index contributed by atoms with van der Waals surface area (Å²) < 4.78 is 0.945. The molecule has 1 aromatic carbocycles. The quantitative estimate of drug-likeness (QED) is 0.881. The van der Waals surface area contributed by atoms with E-state index in [1.54, 1.807) is 0 Å². The van der Waals surface area contributed by atoms with Crippen molar-refractivity contribution >= 4 is 21.6 Å². The molecule has 1 aromatic rings. The van der Waals surface area contributed by atoms with E-state index in [4.69, 9.17) is 5.26 Å². The first-order valence-electron chi connectivity index (χ1n) is 5.96. The van der Waals surface area contributed by atoms with E-state index in [1.807, 2.05) is 18.2 Å². The lowest BCUT2D eigenvalue weighted by Crippen LogP contribution is -2.30. The summed E-state index contributed by atoms with van der Waals surface area (Å²) >= 11 is 3.43. The lowest BCUT2D eigenvalue weighted by atomic mass is 10.1. The molecule has 0 amide bonds. The van der Waals surface area contributed by atoms with Crippen LogP contribution < -0.4 is 10.6 Å². The molecule has 17 heavy (non-hydrogen) atoms. The average Bonchev–Trinajstić information content (AvgIpc) is 2.57. The highest BCUT2D eigenvalue weighted by molar-refractivity contribution is 9.10. The predicted molar refractivity (Wildman–Crippen MR) is 73.0 cm³/mol. The molecule has 3 nitrogen and oxygen atoms in total. The van der Waals surface area contributed by atoms with E-state index in [-0.39, 0.29) is 0 Å². The molecule has 1 aliphatic heterocycles. The van der Waals surface area contributed by atoms with Gasteiger partial charge in [-0.1, -0.05) is 22.4 Å². The van der Waals surface area contributed by atoms with Crippen molar-refractivity contribution in [1.29, 1.82) is 5.26 Å². The number of hydrogen-bond donors (Lipinski definition) is 2. The first-order valence-corrected chi connectivity index (χ1v) is 6.75. The van der Waals surface area contributed by atoms with Gasteiger partial charge in [-0.3, -0.25) is 0 Å². The molecule has 1 saturated heterocycles. The third kappa shape index (κ3) is 3.72. The second kappa shape index (κ2) is 6.04. The Morgan fingerprint density at radius 1 is 1.35 bits per heavy atom. The largest absolute Gasteiger partial charge is 0.381 e. The number of nitrogens with one attached hydrogen (secondary N) is 2. The van der Waals surface area contributed by atoms with Gasteiger partial charge in [-0.2, -0.15) is 5.26 Å². The normalized spacial score (nSPS) is 20.4. The Bertz CT molecular complexity index is 417. The van der Waals surface area contributed by atoms with Gasteiger partial charge in [0.1, 0.15) is 0 Å². The zero-order chi connectivity index (χ0) is 12.1. The molecule has 1 heterocycles. The fraction of sp³-hybridized carbons (Fsp3) is 0.462. The van der Waals surface area contributed by atoms with E-state index in [0.717, 1.165) is 23.2 Å². The minimum atomic E-state index is 0.457. The van der Waals surface area contributed by atoms with Crippen molar-refractivity contribution in [2.45, 2.75) is 25.3 Å². The van der Waals surface area contributed by atoms with Crippen molar-refractivity contribution in [3.63, 3.8) is 0 Å². The van der Waals surface area contributed by atoms with Crippen LogP contribution in [-0.2, 0) is 0 Å². The lowest BCUT2D eigenvalue weighted by Gasteiger charge is -2.18. The van der Waals surface area contributed by atoms with Gasteiger partial charge in [0, 0.05) is 22.7 Å². The van der Waals surface area contributed by atoms with Crippen LogP contribution in [0.25, 0.3) is 0 Å². The van der Waals surface area contributed by atoms with E-state index in [9.17, 15) is 0 Å². The summed E-state index contributed by atoms with van der Waals surface area (Å²) in [6, 6.07) is 8.38. The van der Waals surface area contributed by atoms with Gasteiger partial charge in [0.05, 0.1) is 11.6 Å². The molecule has 0 spiro atoms. The molecule has 1 unspecified atom stereocenters. The average molecular weight is 294 g/mol. The van der Waals surface area contributed by atoms with Crippen molar-refractivity contribution < 1.29 is 0 Å². The molecule has 4 heteroatoms. The van der Waals surface area contributed by atoms with E-state index >= 15 is 0 Å². The van der Waals surface area contributed by atoms with Gasteiger partial charge in [-0.15, -0.1) is 0 Å². The highest BCUT2D eigenvalue weighted by atomic mass is 79.9. The Morgan fingerprint density at radius 2 is 2.24 bits per heavy atom. The van der Waals surface area contributed by atoms with Crippen LogP contribution in [0.1, 0.15) is 24.8 Å². The first-order chi connectivity index (χ1) is 8.28. The van der Waals surface area contributed by atoms with Crippen LogP contribution >= 0.6 is 15.9 Å². The Morgan fingerprint density at radius 3 is 3.06 bits per heavy atom. The molecular weight excluding hydrogens is 278 g/mol. The van der Waals surface area contributed by atoms with Gasteiger partial charge < -0.3 is 10.6 Å². The SMILES string of the molecule is N#Cc1cc(Br)cc(NC2CCCCNC2)c1. The van der Waals surface area contributed by atoms with Crippen LogP contribution in [0.15, 0.2) is 22.7 Å². The Labute approximate surface area is 110 Å². The third-order valence-corrected chi connectivity index (χ3v) is 3.40. The maximum absolute atomic E-state index is 8.93. The minimum absolute atomic E-state index is 0.457. The zero-order valence-corrected chi connectivity index (χ0v) is 11.3. The molecule has 0 radical (unpaired) electrons. The van der Waals surface area contributed by atoms with Gasteiger partial charge >= 0.3 is 0 Å². The summed E-state index contributed by atoms with van der Waals surface area (Å²) in [4.78, 5) is 0. The summed E-state index contributed by atoms with van der Waals surface area (Å²) in [5.41, 5.74) is 1.70. The Balaban J connectivity index is 2.06. The molecular formula is C13H16BrN3. The van der Waals surface area contributed by atoms with E-state index in [1.165, 1.54) is 19.3 Å². The minimum Gasteiger partial charge on any atom is -0.381 e. The zero-order valence-electron chi connectivity index (χ0n) is 9.67. The molecule has 0 aliphatic carbocycles. The first kappa shape index (κ1) is 12.4. The van der Waals surface area contributed by atoms with Gasteiger partial charge in [0.2, 0.25) is 0 Å². The van der Waals surface area contributed by atoms with Gasteiger partial charge in [-0.05, 0) is 37.6 Å². The smallest absolute Gasteiger partial charge is 0.0992 e. The molecule has 2 rings (SSSR count). The second-order valence-corrected chi connectivity index (χ2v) is 5.30. The van der Waals surface area contributed by atoms with Crippen LogP contribution in [-0.4, -0.2) is 19.1 Å². The van der Waals surface area contributed by atoms with E-state index < -0.39 is 0 Å². The molecule has 0 bridgehead atoms. The maximum Gasteiger partial charge on any atom is 0.0992 e. The number of nitrogens with zero attached hydrogens (tertiary/aromatic N) is 1. The van der Waals surface area contributed by atoms with Crippen LogP contribution in [0.2, 0.25) is 0 Å². The topological polar surface area (TPSA) is 47.9 Å². The number of hydrogen-bond acceptors (Lipinski definition) is 3. The molecule has 1 atom stereocenters. The van der Waals surface area contributed by atoms with Crippen LogP contribution in [0, 0.1) is 11.3 Å². The van der Waals surface area contributed by atoms with E-state index in [2.05, 4.69) is 32.6 Å². The van der Waals surface area contributed by atoms with Crippen molar-refractivity contribution in [1.82, 2.24) is 5.32 Å². The summed E-state index contributed by atoms with van der Waals surface area (Å²) in [6.07, 6.45) is 3.69.